The van der Waals surface area contributed by atoms with Gasteiger partial charge in [-0.3, -0.25) is 4.79 Å². The highest BCUT2D eigenvalue weighted by molar-refractivity contribution is 9.10. The summed E-state index contributed by atoms with van der Waals surface area (Å²) >= 11 is 9.66. The molecule has 0 aliphatic carbocycles. The van der Waals surface area contributed by atoms with Crippen LogP contribution in [0.3, 0.4) is 0 Å². The van der Waals surface area contributed by atoms with E-state index in [0.717, 1.165) is 10.0 Å². The van der Waals surface area contributed by atoms with Crippen LogP contribution in [0.2, 0.25) is 5.02 Å². The number of ether oxygens (including phenoxy) is 1. The second-order valence-electron chi connectivity index (χ2n) is 7.56. The van der Waals surface area contributed by atoms with E-state index >= 15 is 0 Å². The number of benzene rings is 1. The second kappa shape index (κ2) is 8.51. The molecular weight excluding hydrogens is 426 g/mol. The van der Waals surface area contributed by atoms with Crippen molar-refractivity contribution in [3.8, 4) is 0 Å². The maximum absolute atomic E-state index is 12.8. The van der Waals surface area contributed by atoms with Gasteiger partial charge in [0.05, 0.1) is 39.3 Å². The summed E-state index contributed by atoms with van der Waals surface area (Å²) < 4.78 is 21.4. The molecular formula is C18H27BrClNO3S. The molecule has 1 rings (SSSR count). The summed E-state index contributed by atoms with van der Waals surface area (Å²) in [5, 5.41) is 0.527. The predicted molar refractivity (Wildman–Crippen MR) is 108 cm³/mol. The molecule has 0 aliphatic rings. The zero-order valence-electron chi connectivity index (χ0n) is 15.8. The topological polar surface area (TPSA) is 55.4 Å². The molecule has 142 valence electrons. The highest BCUT2D eigenvalue weighted by atomic mass is 79.9. The van der Waals surface area contributed by atoms with Crippen LogP contribution >= 0.6 is 27.5 Å². The minimum absolute atomic E-state index is 0.0376. The van der Waals surface area contributed by atoms with E-state index in [4.69, 9.17) is 16.3 Å². The van der Waals surface area contributed by atoms with Gasteiger partial charge in [0.15, 0.2) is 0 Å². The van der Waals surface area contributed by atoms with Crippen molar-refractivity contribution < 1.29 is 13.7 Å². The molecule has 1 unspecified atom stereocenters. The first-order valence-corrected chi connectivity index (χ1v) is 10.4. The van der Waals surface area contributed by atoms with Crippen LogP contribution in [0.1, 0.15) is 47.1 Å². The second-order valence-corrected chi connectivity index (χ2v) is 10.8. The van der Waals surface area contributed by atoms with Crippen LogP contribution in [-0.4, -0.2) is 22.0 Å². The summed E-state index contributed by atoms with van der Waals surface area (Å²) in [6, 6.07) is 5.49. The highest BCUT2D eigenvalue weighted by Crippen LogP contribution is 2.38. The van der Waals surface area contributed by atoms with Gasteiger partial charge in [0.2, 0.25) is 0 Å². The molecule has 1 N–H and O–H groups in total. The van der Waals surface area contributed by atoms with Crippen LogP contribution in [-0.2, 0) is 26.1 Å². The van der Waals surface area contributed by atoms with Crippen LogP contribution in [0, 0.1) is 11.8 Å². The monoisotopic (exact) mass is 451 g/mol. The van der Waals surface area contributed by atoms with E-state index in [1.54, 1.807) is 6.07 Å². The van der Waals surface area contributed by atoms with Crippen molar-refractivity contribution in [2.75, 3.05) is 7.11 Å². The fraction of sp³-hybridized carbons (Fsp3) is 0.611. The van der Waals surface area contributed by atoms with Crippen molar-refractivity contribution in [1.29, 1.82) is 0 Å². The molecule has 4 nitrogen and oxygen atoms in total. The molecule has 0 amide bonds. The van der Waals surface area contributed by atoms with E-state index < -0.39 is 27.2 Å². The zero-order chi connectivity index (χ0) is 19.6. The first kappa shape index (κ1) is 22.6. The van der Waals surface area contributed by atoms with Crippen LogP contribution in [0.4, 0.5) is 0 Å². The van der Waals surface area contributed by atoms with Gasteiger partial charge in [0.25, 0.3) is 0 Å². The first-order chi connectivity index (χ1) is 11.3. The highest BCUT2D eigenvalue weighted by Gasteiger charge is 2.45. The molecule has 0 aromatic heterocycles. The average molecular weight is 453 g/mol. The Morgan fingerprint density at radius 2 is 1.84 bits per heavy atom. The number of esters is 1. The van der Waals surface area contributed by atoms with E-state index in [1.807, 2.05) is 53.7 Å². The van der Waals surface area contributed by atoms with Crippen molar-refractivity contribution in [2.24, 2.45) is 11.8 Å². The normalized spacial score (nSPS) is 17.0. The number of rotatable bonds is 6. The molecule has 7 heteroatoms. The molecule has 0 aliphatic heterocycles. The largest absolute Gasteiger partial charge is 0.469 e. The number of halogens is 2. The van der Waals surface area contributed by atoms with Gasteiger partial charge in [-0.15, -0.1) is 0 Å². The lowest BCUT2D eigenvalue weighted by Crippen LogP contribution is -2.54. The van der Waals surface area contributed by atoms with Gasteiger partial charge in [-0.05, 0) is 67.2 Å². The fourth-order valence-electron chi connectivity index (χ4n) is 2.77. The van der Waals surface area contributed by atoms with E-state index in [0.29, 0.717) is 5.02 Å². The quantitative estimate of drug-likeness (QED) is 0.630. The minimum Gasteiger partial charge on any atom is -0.469 e. The Labute approximate surface area is 166 Å². The molecule has 3 atom stereocenters. The number of methoxy groups -OCH3 is 1. The van der Waals surface area contributed by atoms with Crippen molar-refractivity contribution in [2.45, 2.75) is 51.8 Å². The Morgan fingerprint density at radius 1 is 1.28 bits per heavy atom. The Bertz CT molecular complexity index is 660. The van der Waals surface area contributed by atoms with Gasteiger partial charge < -0.3 is 4.74 Å². The summed E-state index contributed by atoms with van der Waals surface area (Å²) in [6.07, 6.45) is 0. The van der Waals surface area contributed by atoms with E-state index in [9.17, 15) is 9.00 Å². The molecule has 0 saturated carbocycles. The lowest BCUT2D eigenvalue weighted by molar-refractivity contribution is -0.150. The zero-order valence-corrected chi connectivity index (χ0v) is 18.9. The Morgan fingerprint density at radius 3 is 2.24 bits per heavy atom. The van der Waals surface area contributed by atoms with Gasteiger partial charge in [0.1, 0.15) is 0 Å². The fourth-order valence-corrected chi connectivity index (χ4v) is 4.13. The van der Waals surface area contributed by atoms with Gasteiger partial charge >= 0.3 is 5.97 Å². The summed E-state index contributed by atoms with van der Waals surface area (Å²) in [5.74, 6) is -0.930. The summed E-state index contributed by atoms with van der Waals surface area (Å²) in [7, 11) is -0.0190. The molecule has 0 fully saturated rings. The molecule has 25 heavy (non-hydrogen) atoms. The van der Waals surface area contributed by atoms with Gasteiger partial charge in [0, 0.05) is 4.47 Å². The van der Waals surface area contributed by atoms with Crippen molar-refractivity contribution in [3.05, 3.63) is 33.3 Å². The maximum Gasteiger partial charge on any atom is 0.311 e. The van der Waals surface area contributed by atoms with E-state index in [2.05, 4.69) is 20.7 Å². The molecule has 0 spiro atoms. The predicted octanol–water partition coefficient (Wildman–Crippen LogP) is 4.81. The third kappa shape index (κ3) is 5.28. The number of hydrogen-bond donors (Lipinski definition) is 1. The Hall–Kier alpha value is -0.430. The van der Waals surface area contributed by atoms with Crippen molar-refractivity contribution in [1.82, 2.24) is 4.72 Å². The lowest BCUT2D eigenvalue weighted by Gasteiger charge is -2.40. The lowest BCUT2D eigenvalue weighted by atomic mass is 9.74. The van der Waals surface area contributed by atoms with E-state index in [-0.39, 0.29) is 11.9 Å². The summed E-state index contributed by atoms with van der Waals surface area (Å²) in [5.41, 5.74) is -0.133. The Balaban J connectivity index is 3.56. The first-order valence-electron chi connectivity index (χ1n) is 8.07. The molecule has 1 aromatic rings. The van der Waals surface area contributed by atoms with Gasteiger partial charge in [-0.2, -0.15) is 0 Å². The van der Waals surface area contributed by atoms with Crippen LogP contribution in [0.25, 0.3) is 0 Å². The molecule has 1 aromatic carbocycles. The number of hydrogen-bond acceptors (Lipinski definition) is 3. The minimum atomic E-state index is -1.39. The van der Waals surface area contributed by atoms with Gasteiger partial charge in [-0.1, -0.05) is 31.5 Å². The van der Waals surface area contributed by atoms with Crippen molar-refractivity contribution >= 4 is 44.5 Å². The number of carbonyl (C=O) groups is 1. The van der Waals surface area contributed by atoms with Crippen LogP contribution < -0.4 is 4.72 Å². The standard InChI is InChI=1S/C18H27BrClNO3S/c1-11(2)15(16(22)24-7)18(6,21-25(23)17(3,4)5)12-8-9-13(19)14(20)10-12/h8-11,15,21H,1-7H3/t15-,18?,25-/m0/s1. The summed E-state index contributed by atoms with van der Waals surface area (Å²) in [4.78, 5) is 12.6. The third-order valence-corrected chi connectivity index (χ3v) is 7.08. The summed E-state index contributed by atoms with van der Waals surface area (Å²) in [6.45, 7) is 11.4. The van der Waals surface area contributed by atoms with Crippen LogP contribution in [0.15, 0.2) is 22.7 Å². The van der Waals surface area contributed by atoms with E-state index in [1.165, 1.54) is 7.11 Å². The smallest absolute Gasteiger partial charge is 0.311 e. The maximum atomic E-state index is 12.8. The number of nitrogens with one attached hydrogen (secondary N) is 1. The SMILES string of the molecule is COC(=O)[C@H](C(C)C)C(C)(N[S@@](=O)C(C)(C)C)c1ccc(Br)c(Cl)c1. The Kier molecular flexibility index (Phi) is 7.69. The molecule has 0 bridgehead atoms. The number of carbonyl (C=O) groups excluding carboxylic acids is 1. The molecule has 0 heterocycles. The average Bonchev–Trinajstić information content (AvgIpc) is 2.48. The van der Waals surface area contributed by atoms with Gasteiger partial charge in [-0.25, -0.2) is 8.93 Å². The molecule has 0 radical (unpaired) electrons. The molecule has 0 saturated heterocycles. The van der Waals surface area contributed by atoms with Crippen molar-refractivity contribution in [3.63, 3.8) is 0 Å². The third-order valence-electron chi connectivity index (χ3n) is 4.12. The van der Waals surface area contributed by atoms with Crippen LogP contribution in [0.5, 0.6) is 0 Å².